The van der Waals surface area contributed by atoms with Gasteiger partial charge in [-0.15, -0.1) is 0 Å². The third kappa shape index (κ3) is 2.49. The SMILES string of the molecule is OCc1ccc(-c2cnc3ccc(-c4cc[c]cc4)nn23)cc1. The first-order valence-electron chi connectivity index (χ1n) is 7.36. The fourth-order valence-corrected chi connectivity index (χ4v) is 2.56. The van der Waals surface area contributed by atoms with Crippen LogP contribution in [0.15, 0.2) is 66.9 Å². The second-order valence-electron chi connectivity index (χ2n) is 5.28. The molecule has 2 aromatic carbocycles. The van der Waals surface area contributed by atoms with Crippen molar-refractivity contribution >= 4 is 5.65 Å². The van der Waals surface area contributed by atoms with E-state index in [4.69, 9.17) is 10.2 Å². The number of hydrogen-bond acceptors (Lipinski definition) is 3. The van der Waals surface area contributed by atoms with E-state index in [1.807, 2.05) is 71.4 Å². The van der Waals surface area contributed by atoms with Crippen molar-refractivity contribution in [3.05, 3.63) is 78.5 Å². The van der Waals surface area contributed by atoms with Crippen molar-refractivity contribution in [2.24, 2.45) is 0 Å². The van der Waals surface area contributed by atoms with Gasteiger partial charge in [-0.2, -0.15) is 5.10 Å². The lowest BCUT2D eigenvalue weighted by molar-refractivity contribution is 0.282. The van der Waals surface area contributed by atoms with E-state index in [1.165, 1.54) is 0 Å². The molecule has 1 N–H and O–H groups in total. The number of fused-ring (bicyclic) bond motifs is 1. The van der Waals surface area contributed by atoms with E-state index in [0.29, 0.717) is 0 Å². The van der Waals surface area contributed by atoms with Gasteiger partial charge in [0.15, 0.2) is 5.65 Å². The maximum Gasteiger partial charge on any atom is 0.154 e. The minimum Gasteiger partial charge on any atom is -0.392 e. The third-order valence-corrected chi connectivity index (χ3v) is 3.81. The van der Waals surface area contributed by atoms with Crippen molar-refractivity contribution in [3.8, 4) is 22.5 Å². The van der Waals surface area contributed by atoms with Crippen LogP contribution in [0.2, 0.25) is 0 Å². The molecule has 0 spiro atoms. The molecular formula is C19H14N3O. The molecule has 0 bridgehead atoms. The number of aliphatic hydroxyl groups excluding tert-OH is 1. The summed E-state index contributed by atoms with van der Waals surface area (Å²) in [7, 11) is 0. The molecule has 111 valence electrons. The Morgan fingerprint density at radius 3 is 2.43 bits per heavy atom. The lowest BCUT2D eigenvalue weighted by atomic mass is 10.1. The molecule has 0 aliphatic rings. The second-order valence-corrected chi connectivity index (χ2v) is 5.28. The zero-order valence-corrected chi connectivity index (χ0v) is 12.3. The molecule has 0 fully saturated rings. The highest BCUT2D eigenvalue weighted by molar-refractivity contribution is 5.66. The normalized spacial score (nSPS) is 11.0. The van der Waals surface area contributed by atoms with E-state index in [9.17, 15) is 0 Å². The molecule has 23 heavy (non-hydrogen) atoms. The summed E-state index contributed by atoms with van der Waals surface area (Å²) in [5.41, 5.74) is 5.56. The molecule has 0 saturated heterocycles. The van der Waals surface area contributed by atoms with Crippen LogP contribution in [0.5, 0.6) is 0 Å². The van der Waals surface area contributed by atoms with Gasteiger partial charge >= 0.3 is 0 Å². The molecule has 0 atom stereocenters. The Balaban J connectivity index is 1.84. The number of rotatable bonds is 3. The van der Waals surface area contributed by atoms with Crippen LogP contribution in [-0.4, -0.2) is 19.7 Å². The van der Waals surface area contributed by atoms with Crippen molar-refractivity contribution in [2.75, 3.05) is 0 Å². The summed E-state index contributed by atoms with van der Waals surface area (Å²) < 4.78 is 1.85. The topological polar surface area (TPSA) is 50.4 Å². The number of imidazole rings is 1. The van der Waals surface area contributed by atoms with Crippen molar-refractivity contribution < 1.29 is 5.11 Å². The maximum absolute atomic E-state index is 9.16. The molecule has 1 radical (unpaired) electrons. The zero-order valence-electron chi connectivity index (χ0n) is 12.3. The Morgan fingerprint density at radius 1 is 0.913 bits per heavy atom. The van der Waals surface area contributed by atoms with Crippen LogP contribution in [0.25, 0.3) is 28.2 Å². The Labute approximate surface area is 133 Å². The quantitative estimate of drug-likeness (QED) is 0.631. The van der Waals surface area contributed by atoms with Crippen LogP contribution in [0.4, 0.5) is 0 Å². The van der Waals surface area contributed by atoms with E-state index in [0.717, 1.165) is 33.7 Å². The molecular weight excluding hydrogens is 286 g/mol. The summed E-state index contributed by atoms with van der Waals surface area (Å²) in [6, 6.07) is 22.4. The molecule has 2 heterocycles. The van der Waals surface area contributed by atoms with E-state index in [1.54, 1.807) is 0 Å². The van der Waals surface area contributed by atoms with Gasteiger partial charge < -0.3 is 5.11 Å². The fraction of sp³-hybridized carbons (Fsp3) is 0.0526. The van der Waals surface area contributed by atoms with E-state index >= 15 is 0 Å². The Bertz CT molecular complexity index is 943. The second kappa shape index (κ2) is 5.66. The first-order chi connectivity index (χ1) is 11.3. The predicted molar refractivity (Wildman–Crippen MR) is 88.6 cm³/mol. The molecule has 2 aromatic heterocycles. The molecule has 4 nitrogen and oxygen atoms in total. The Morgan fingerprint density at radius 2 is 1.70 bits per heavy atom. The highest BCUT2D eigenvalue weighted by Crippen LogP contribution is 2.23. The zero-order chi connectivity index (χ0) is 15.6. The summed E-state index contributed by atoms with van der Waals surface area (Å²) in [5.74, 6) is 0. The van der Waals surface area contributed by atoms with E-state index < -0.39 is 0 Å². The van der Waals surface area contributed by atoms with Crippen LogP contribution in [0.1, 0.15) is 5.56 Å². The third-order valence-electron chi connectivity index (χ3n) is 3.81. The fourth-order valence-electron chi connectivity index (χ4n) is 2.56. The van der Waals surface area contributed by atoms with Crippen molar-refractivity contribution in [3.63, 3.8) is 0 Å². The minimum atomic E-state index is 0.0425. The Hall–Kier alpha value is -2.98. The van der Waals surface area contributed by atoms with Gasteiger partial charge in [0.25, 0.3) is 0 Å². The average molecular weight is 300 g/mol. The standard InChI is InChI=1S/C19H14N3O/c23-13-14-6-8-16(9-7-14)18-12-20-19-11-10-17(21-22(18)19)15-4-2-1-3-5-15/h2-12,23H,13H2. The molecule has 0 saturated carbocycles. The van der Waals surface area contributed by atoms with Gasteiger partial charge in [-0.3, -0.25) is 0 Å². The number of aliphatic hydroxyl groups is 1. The van der Waals surface area contributed by atoms with Gasteiger partial charge in [-0.25, -0.2) is 9.50 Å². The highest BCUT2D eigenvalue weighted by Gasteiger charge is 2.09. The lowest BCUT2D eigenvalue weighted by Gasteiger charge is -2.05. The van der Waals surface area contributed by atoms with Crippen LogP contribution < -0.4 is 0 Å². The number of nitrogens with zero attached hydrogens (tertiary/aromatic N) is 3. The smallest absolute Gasteiger partial charge is 0.154 e. The maximum atomic E-state index is 9.16. The van der Waals surface area contributed by atoms with Crippen molar-refractivity contribution in [1.29, 1.82) is 0 Å². The summed E-state index contributed by atoms with van der Waals surface area (Å²) in [4.78, 5) is 4.42. The summed E-state index contributed by atoms with van der Waals surface area (Å²) in [5, 5.41) is 13.9. The molecule has 4 rings (SSSR count). The van der Waals surface area contributed by atoms with Crippen LogP contribution in [-0.2, 0) is 6.61 Å². The largest absolute Gasteiger partial charge is 0.392 e. The predicted octanol–water partition coefficient (Wildman–Crippen LogP) is 3.36. The number of aromatic nitrogens is 3. The monoisotopic (exact) mass is 300 g/mol. The van der Waals surface area contributed by atoms with Crippen molar-refractivity contribution in [2.45, 2.75) is 6.61 Å². The van der Waals surface area contributed by atoms with E-state index in [-0.39, 0.29) is 6.61 Å². The van der Waals surface area contributed by atoms with E-state index in [2.05, 4.69) is 11.1 Å². The first-order valence-corrected chi connectivity index (χ1v) is 7.36. The van der Waals surface area contributed by atoms with Crippen molar-refractivity contribution in [1.82, 2.24) is 14.6 Å². The van der Waals surface area contributed by atoms with Gasteiger partial charge in [0, 0.05) is 11.1 Å². The molecule has 4 heteroatoms. The Kier molecular flexibility index (Phi) is 3.37. The first kappa shape index (κ1) is 13.7. The minimum absolute atomic E-state index is 0.0425. The van der Waals surface area contributed by atoms with Gasteiger partial charge in [-0.1, -0.05) is 48.5 Å². The summed E-state index contributed by atoms with van der Waals surface area (Å²) in [6.45, 7) is 0.0425. The summed E-state index contributed by atoms with van der Waals surface area (Å²) >= 11 is 0. The highest BCUT2D eigenvalue weighted by atomic mass is 16.3. The van der Waals surface area contributed by atoms with Gasteiger partial charge in [0.1, 0.15) is 0 Å². The summed E-state index contributed by atoms with van der Waals surface area (Å²) in [6.07, 6.45) is 1.82. The van der Waals surface area contributed by atoms with Gasteiger partial charge in [0.2, 0.25) is 0 Å². The number of hydrogen-bond donors (Lipinski definition) is 1. The average Bonchev–Trinajstić information content (AvgIpc) is 3.05. The van der Waals surface area contributed by atoms with Crippen LogP contribution in [0, 0.1) is 6.07 Å². The molecule has 0 unspecified atom stereocenters. The molecule has 0 amide bonds. The lowest BCUT2D eigenvalue weighted by Crippen LogP contribution is -1.96. The molecule has 0 aliphatic carbocycles. The molecule has 4 aromatic rings. The van der Waals surface area contributed by atoms with Gasteiger partial charge in [-0.05, 0) is 23.8 Å². The van der Waals surface area contributed by atoms with Crippen LogP contribution in [0.3, 0.4) is 0 Å². The van der Waals surface area contributed by atoms with Crippen LogP contribution >= 0.6 is 0 Å². The van der Waals surface area contributed by atoms with Gasteiger partial charge in [0.05, 0.1) is 24.2 Å². The molecule has 0 aliphatic heterocycles. The number of benzene rings is 2.